The number of nitrogens with one attached hydrogen (secondary N) is 2. The number of ether oxygens (including phenoxy) is 1. The van der Waals surface area contributed by atoms with Gasteiger partial charge in [0.2, 0.25) is 0 Å². The molecule has 0 spiro atoms. The van der Waals surface area contributed by atoms with Gasteiger partial charge in [0, 0.05) is 26.3 Å². The zero-order valence-electron chi connectivity index (χ0n) is 12.4. The van der Waals surface area contributed by atoms with Crippen LogP contribution in [0.15, 0.2) is 12.3 Å². The molecule has 0 aliphatic rings. The molecule has 0 saturated carbocycles. The van der Waals surface area contributed by atoms with Crippen LogP contribution in [0.4, 0.5) is 11.5 Å². The summed E-state index contributed by atoms with van der Waals surface area (Å²) in [5.74, 6) is -0.0845. The van der Waals surface area contributed by atoms with Crippen LogP contribution in [0.5, 0.6) is 0 Å². The number of amides is 1. The van der Waals surface area contributed by atoms with E-state index in [1.165, 1.54) is 6.07 Å². The van der Waals surface area contributed by atoms with Crippen molar-refractivity contribution in [1.82, 2.24) is 10.3 Å². The predicted molar refractivity (Wildman–Crippen MR) is 78.5 cm³/mol. The van der Waals surface area contributed by atoms with Crippen molar-refractivity contribution in [1.29, 1.82) is 0 Å². The van der Waals surface area contributed by atoms with E-state index >= 15 is 0 Å². The standard InChI is InChI=1S/C13H20N4O4/c1-4-5-14-12-11(6-10(8-15-12)17(19)20)13(18)16-7-9(2)21-3/h6,8-9H,4-5,7H2,1-3H3,(H,14,15)(H,16,18). The molecule has 8 heteroatoms. The molecule has 1 unspecified atom stereocenters. The fourth-order valence-electron chi connectivity index (χ4n) is 1.53. The lowest BCUT2D eigenvalue weighted by molar-refractivity contribution is -0.385. The normalized spacial score (nSPS) is 11.8. The second kappa shape index (κ2) is 8.15. The molecule has 116 valence electrons. The smallest absolute Gasteiger partial charge is 0.288 e. The first-order chi connectivity index (χ1) is 9.99. The second-order valence-electron chi connectivity index (χ2n) is 4.53. The first-order valence-electron chi connectivity index (χ1n) is 6.68. The molecule has 1 aromatic rings. The van der Waals surface area contributed by atoms with Gasteiger partial charge < -0.3 is 15.4 Å². The highest BCUT2D eigenvalue weighted by Gasteiger charge is 2.18. The minimum atomic E-state index is -0.578. The lowest BCUT2D eigenvalue weighted by atomic mass is 10.2. The number of carbonyl (C=O) groups excluding carboxylic acids is 1. The first kappa shape index (κ1) is 16.8. The second-order valence-corrected chi connectivity index (χ2v) is 4.53. The molecule has 1 atom stereocenters. The Morgan fingerprint density at radius 1 is 1.57 bits per heavy atom. The van der Waals surface area contributed by atoms with Crippen LogP contribution >= 0.6 is 0 Å². The zero-order valence-corrected chi connectivity index (χ0v) is 12.4. The lowest BCUT2D eigenvalue weighted by Gasteiger charge is -2.13. The highest BCUT2D eigenvalue weighted by molar-refractivity contribution is 5.99. The van der Waals surface area contributed by atoms with Gasteiger partial charge in [-0.1, -0.05) is 6.92 Å². The van der Waals surface area contributed by atoms with Gasteiger partial charge in [0.05, 0.1) is 16.6 Å². The molecule has 0 fully saturated rings. The van der Waals surface area contributed by atoms with E-state index in [0.717, 1.165) is 12.6 Å². The molecule has 0 saturated heterocycles. The highest BCUT2D eigenvalue weighted by atomic mass is 16.6. The van der Waals surface area contributed by atoms with Crippen LogP contribution in [0.3, 0.4) is 0 Å². The Morgan fingerprint density at radius 2 is 2.29 bits per heavy atom. The van der Waals surface area contributed by atoms with Gasteiger partial charge in [0.15, 0.2) is 0 Å². The maximum absolute atomic E-state index is 12.2. The topological polar surface area (TPSA) is 106 Å². The lowest BCUT2D eigenvalue weighted by Crippen LogP contribution is -2.32. The fraction of sp³-hybridized carbons (Fsp3) is 0.538. The van der Waals surface area contributed by atoms with Gasteiger partial charge in [-0.3, -0.25) is 14.9 Å². The third-order valence-electron chi connectivity index (χ3n) is 2.82. The monoisotopic (exact) mass is 296 g/mol. The molecule has 21 heavy (non-hydrogen) atoms. The number of methoxy groups -OCH3 is 1. The number of anilines is 1. The summed E-state index contributed by atoms with van der Waals surface area (Å²) in [5, 5.41) is 16.5. The minimum absolute atomic E-state index is 0.146. The summed E-state index contributed by atoms with van der Waals surface area (Å²) >= 11 is 0. The van der Waals surface area contributed by atoms with Crippen LogP contribution in [0.25, 0.3) is 0 Å². The SMILES string of the molecule is CCCNc1ncc([N+](=O)[O-])cc1C(=O)NCC(C)OC. The van der Waals surface area contributed by atoms with Crippen LogP contribution in [0, 0.1) is 10.1 Å². The van der Waals surface area contributed by atoms with Crippen molar-refractivity contribution < 1.29 is 14.5 Å². The Balaban J connectivity index is 2.95. The predicted octanol–water partition coefficient (Wildman–Crippen LogP) is 1.58. The van der Waals surface area contributed by atoms with Crippen LogP contribution in [0.2, 0.25) is 0 Å². The van der Waals surface area contributed by atoms with Gasteiger partial charge in [-0.2, -0.15) is 0 Å². The number of hydrogen-bond donors (Lipinski definition) is 2. The van der Waals surface area contributed by atoms with Gasteiger partial charge in [-0.05, 0) is 13.3 Å². The van der Waals surface area contributed by atoms with Crippen molar-refractivity contribution in [3.8, 4) is 0 Å². The van der Waals surface area contributed by atoms with Crippen LogP contribution < -0.4 is 10.6 Å². The molecular weight excluding hydrogens is 276 g/mol. The molecule has 0 bridgehead atoms. The average Bonchev–Trinajstić information content (AvgIpc) is 2.49. The number of hydrogen-bond acceptors (Lipinski definition) is 6. The van der Waals surface area contributed by atoms with E-state index in [0.29, 0.717) is 18.9 Å². The van der Waals surface area contributed by atoms with Crippen LogP contribution in [0.1, 0.15) is 30.6 Å². The summed E-state index contributed by atoms with van der Waals surface area (Å²) in [6.45, 7) is 4.71. The molecule has 0 aliphatic heterocycles. The summed E-state index contributed by atoms with van der Waals surface area (Å²) in [6, 6.07) is 1.22. The largest absolute Gasteiger partial charge is 0.380 e. The molecule has 0 radical (unpaired) electrons. The number of carbonyl (C=O) groups is 1. The maximum Gasteiger partial charge on any atom is 0.288 e. The molecule has 0 aliphatic carbocycles. The molecule has 1 amide bonds. The molecule has 2 N–H and O–H groups in total. The van der Waals surface area contributed by atoms with Gasteiger partial charge >= 0.3 is 0 Å². The van der Waals surface area contributed by atoms with E-state index in [4.69, 9.17) is 4.74 Å². The Hall–Kier alpha value is -2.22. The summed E-state index contributed by atoms with van der Waals surface area (Å²) in [6.07, 6.45) is 1.83. The van der Waals surface area contributed by atoms with Gasteiger partial charge in [0.25, 0.3) is 11.6 Å². The van der Waals surface area contributed by atoms with Crippen molar-refractivity contribution >= 4 is 17.4 Å². The van der Waals surface area contributed by atoms with Crippen molar-refractivity contribution in [2.75, 3.05) is 25.5 Å². The van der Waals surface area contributed by atoms with E-state index in [2.05, 4.69) is 15.6 Å². The fourth-order valence-corrected chi connectivity index (χ4v) is 1.53. The van der Waals surface area contributed by atoms with E-state index in [9.17, 15) is 14.9 Å². The Labute approximate surface area is 123 Å². The van der Waals surface area contributed by atoms with Gasteiger partial charge in [-0.15, -0.1) is 0 Å². The van der Waals surface area contributed by atoms with Crippen molar-refractivity contribution in [2.45, 2.75) is 26.4 Å². The van der Waals surface area contributed by atoms with Gasteiger partial charge in [-0.25, -0.2) is 4.98 Å². The van der Waals surface area contributed by atoms with E-state index in [-0.39, 0.29) is 17.4 Å². The Kier molecular flexibility index (Phi) is 6.54. The summed E-state index contributed by atoms with van der Waals surface area (Å²) in [4.78, 5) is 26.3. The molecule has 1 aromatic heterocycles. The number of nitro groups is 1. The molecule has 1 rings (SSSR count). The Morgan fingerprint density at radius 3 is 2.86 bits per heavy atom. The first-order valence-corrected chi connectivity index (χ1v) is 6.68. The summed E-state index contributed by atoms with van der Waals surface area (Å²) < 4.78 is 5.04. The molecular formula is C13H20N4O4. The quantitative estimate of drug-likeness (QED) is 0.557. The number of pyridine rings is 1. The van der Waals surface area contributed by atoms with Crippen molar-refractivity contribution in [3.05, 3.63) is 27.9 Å². The number of nitrogens with zero attached hydrogens (tertiary/aromatic N) is 2. The van der Waals surface area contributed by atoms with Crippen LogP contribution in [-0.4, -0.2) is 42.1 Å². The highest BCUT2D eigenvalue weighted by Crippen LogP contribution is 2.19. The molecule has 1 heterocycles. The third-order valence-corrected chi connectivity index (χ3v) is 2.82. The summed E-state index contributed by atoms with van der Waals surface area (Å²) in [7, 11) is 1.54. The van der Waals surface area contributed by atoms with E-state index < -0.39 is 10.8 Å². The molecule has 0 aromatic carbocycles. The van der Waals surface area contributed by atoms with Crippen molar-refractivity contribution in [2.24, 2.45) is 0 Å². The molecule has 8 nitrogen and oxygen atoms in total. The number of rotatable bonds is 8. The maximum atomic E-state index is 12.2. The van der Waals surface area contributed by atoms with E-state index in [1.54, 1.807) is 7.11 Å². The van der Waals surface area contributed by atoms with Crippen LogP contribution in [-0.2, 0) is 4.74 Å². The van der Waals surface area contributed by atoms with E-state index in [1.807, 2.05) is 13.8 Å². The minimum Gasteiger partial charge on any atom is -0.380 e. The zero-order chi connectivity index (χ0) is 15.8. The number of aromatic nitrogens is 1. The third kappa shape index (κ3) is 4.99. The average molecular weight is 296 g/mol. The van der Waals surface area contributed by atoms with Crippen molar-refractivity contribution in [3.63, 3.8) is 0 Å². The van der Waals surface area contributed by atoms with Gasteiger partial charge in [0.1, 0.15) is 12.0 Å². The summed E-state index contributed by atoms with van der Waals surface area (Å²) in [5.41, 5.74) is -0.0667. The Bertz CT molecular complexity index is 507.